The van der Waals surface area contributed by atoms with Gasteiger partial charge in [0, 0.05) is 5.56 Å². The molecule has 0 bridgehead atoms. The number of ether oxygens (including phenoxy) is 2. The van der Waals surface area contributed by atoms with Crippen molar-refractivity contribution in [1.82, 2.24) is 5.32 Å². The zero-order valence-corrected chi connectivity index (χ0v) is 15.4. The van der Waals surface area contributed by atoms with Crippen molar-refractivity contribution in [2.45, 2.75) is 33.0 Å². The summed E-state index contributed by atoms with van der Waals surface area (Å²) in [6.45, 7) is 6.48. The number of alkyl halides is 3. The summed E-state index contributed by atoms with van der Waals surface area (Å²) < 4.78 is 48.9. The summed E-state index contributed by atoms with van der Waals surface area (Å²) in [7, 11) is 0. The van der Waals surface area contributed by atoms with E-state index in [1.165, 1.54) is 0 Å². The largest absolute Gasteiger partial charge is 0.490 e. The van der Waals surface area contributed by atoms with Crippen molar-refractivity contribution < 1.29 is 27.4 Å². The minimum atomic E-state index is -4.43. The Kier molecular flexibility index (Phi) is 6.71. The molecule has 1 N–H and O–H groups in total. The number of nitrogens with one attached hydrogen (secondary N) is 1. The van der Waals surface area contributed by atoms with E-state index in [1.807, 2.05) is 19.9 Å². The Balaban J connectivity index is 2.12. The zero-order chi connectivity index (χ0) is 20.0. The molecule has 0 fully saturated rings. The van der Waals surface area contributed by atoms with E-state index < -0.39 is 17.6 Å². The van der Waals surface area contributed by atoms with Crippen LogP contribution in [0.5, 0.6) is 11.5 Å². The summed E-state index contributed by atoms with van der Waals surface area (Å²) in [5.74, 6) is 0.736. The van der Waals surface area contributed by atoms with Gasteiger partial charge in [0.15, 0.2) is 11.5 Å². The minimum absolute atomic E-state index is 0.158. The van der Waals surface area contributed by atoms with Gasteiger partial charge in [-0.3, -0.25) is 4.79 Å². The monoisotopic (exact) mass is 381 g/mol. The SMILES string of the molecule is CCOc1ccc([C@H](C)NC(=O)c2ccc(C(F)(F)F)cc2)cc1OCC. The lowest BCUT2D eigenvalue weighted by Crippen LogP contribution is -2.26. The van der Waals surface area contributed by atoms with E-state index in [0.29, 0.717) is 24.7 Å². The molecule has 1 atom stereocenters. The lowest BCUT2D eigenvalue weighted by molar-refractivity contribution is -0.137. The average molecular weight is 381 g/mol. The van der Waals surface area contributed by atoms with Gasteiger partial charge in [-0.1, -0.05) is 6.07 Å². The number of rotatable bonds is 7. The van der Waals surface area contributed by atoms with Crippen LogP contribution in [0.4, 0.5) is 13.2 Å². The highest BCUT2D eigenvalue weighted by Crippen LogP contribution is 2.31. The van der Waals surface area contributed by atoms with Crippen molar-refractivity contribution in [2.24, 2.45) is 0 Å². The minimum Gasteiger partial charge on any atom is -0.490 e. The molecular weight excluding hydrogens is 359 g/mol. The fourth-order valence-electron chi connectivity index (χ4n) is 2.51. The Hall–Kier alpha value is -2.70. The van der Waals surface area contributed by atoms with Gasteiger partial charge in [-0.25, -0.2) is 0 Å². The highest BCUT2D eigenvalue weighted by atomic mass is 19.4. The third-order valence-electron chi connectivity index (χ3n) is 3.89. The van der Waals surface area contributed by atoms with Crippen LogP contribution >= 0.6 is 0 Å². The molecule has 0 aliphatic carbocycles. The molecule has 146 valence electrons. The highest BCUT2D eigenvalue weighted by molar-refractivity contribution is 5.94. The lowest BCUT2D eigenvalue weighted by atomic mass is 10.1. The van der Waals surface area contributed by atoms with Gasteiger partial charge in [-0.2, -0.15) is 13.2 Å². The van der Waals surface area contributed by atoms with Crippen LogP contribution in [0, 0.1) is 0 Å². The zero-order valence-electron chi connectivity index (χ0n) is 15.4. The van der Waals surface area contributed by atoms with Gasteiger partial charge in [0.1, 0.15) is 0 Å². The second-order valence-electron chi connectivity index (χ2n) is 5.84. The summed E-state index contributed by atoms with van der Waals surface area (Å²) in [4.78, 5) is 12.3. The predicted octanol–water partition coefficient (Wildman–Crippen LogP) is 4.99. The number of hydrogen-bond acceptors (Lipinski definition) is 3. The second kappa shape index (κ2) is 8.79. The number of amides is 1. The topological polar surface area (TPSA) is 47.6 Å². The van der Waals surface area contributed by atoms with E-state index >= 15 is 0 Å². The van der Waals surface area contributed by atoms with Crippen LogP contribution in [0.15, 0.2) is 42.5 Å². The number of benzene rings is 2. The molecule has 7 heteroatoms. The summed E-state index contributed by atoms with van der Waals surface area (Å²) in [5.41, 5.74) is 0.160. The van der Waals surface area contributed by atoms with Gasteiger partial charge < -0.3 is 14.8 Å². The third-order valence-corrected chi connectivity index (χ3v) is 3.89. The smallest absolute Gasteiger partial charge is 0.416 e. The molecule has 0 aliphatic heterocycles. The van der Waals surface area contributed by atoms with Crippen LogP contribution in [-0.2, 0) is 6.18 Å². The molecule has 0 radical (unpaired) electrons. The lowest BCUT2D eigenvalue weighted by Gasteiger charge is -2.18. The maximum atomic E-state index is 12.6. The molecule has 0 aliphatic rings. The Morgan fingerprint density at radius 1 is 1.00 bits per heavy atom. The van der Waals surface area contributed by atoms with Gasteiger partial charge in [0.05, 0.1) is 24.8 Å². The van der Waals surface area contributed by atoms with Crippen molar-refractivity contribution in [3.63, 3.8) is 0 Å². The molecule has 1 amide bonds. The van der Waals surface area contributed by atoms with Crippen molar-refractivity contribution in [3.8, 4) is 11.5 Å². The van der Waals surface area contributed by atoms with Gasteiger partial charge in [-0.05, 0) is 62.7 Å². The average Bonchev–Trinajstić information content (AvgIpc) is 2.63. The first-order chi connectivity index (χ1) is 12.8. The highest BCUT2D eigenvalue weighted by Gasteiger charge is 2.30. The van der Waals surface area contributed by atoms with E-state index in [-0.39, 0.29) is 11.6 Å². The van der Waals surface area contributed by atoms with Gasteiger partial charge >= 0.3 is 6.18 Å². The normalized spacial score (nSPS) is 12.4. The molecule has 0 saturated carbocycles. The molecule has 4 nitrogen and oxygen atoms in total. The Morgan fingerprint density at radius 3 is 2.15 bits per heavy atom. The van der Waals surface area contributed by atoms with E-state index in [9.17, 15) is 18.0 Å². The fraction of sp³-hybridized carbons (Fsp3) is 0.350. The summed E-state index contributed by atoms with van der Waals surface area (Å²) in [6.07, 6.45) is -4.43. The number of halogens is 3. The second-order valence-corrected chi connectivity index (χ2v) is 5.84. The first-order valence-electron chi connectivity index (χ1n) is 8.63. The van der Waals surface area contributed by atoms with Crippen molar-refractivity contribution in [1.29, 1.82) is 0 Å². The maximum Gasteiger partial charge on any atom is 0.416 e. The first kappa shape index (κ1) is 20.6. The van der Waals surface area contributed by atoms with Crippen molar-refractivity contribution in [2.75, 3.05) is 13.2 Å². The van der Waals surface area contributed by atoms with E-state index in [0.717, 1.165) is 29.8 Å². The van der Waals surface area contributed by atoms with Crippen LogP contribution in [0.2, 0.25) is 0 Å². The molecule has 2 aromatic rings. The Labute approximate surface area is 156 Å². The van der Waals surface area contributed by atoms with Crippen LogP contribution in [0.3, 0.4) is 0 Å². The summed E-state index contributed by atoms with van der Waals surface area (Å²) >= 11 is 0. The van der Waals surface area contributed by atoms with E-state index in [2.05, 4.69) is 5.32 Å². The molecule has 2 aromatic carbocycles. The van der Waals surface area contributed by atoms with E-state index in [4.69, 9.17) is 9.47 Å². The standard InChI is InChI=1S/C20H22F3NO3/c1-4-26-17-11-8-15(12-18(17)27-5-2)13(3)24-19(25)14-6-9-16(10-7-14)20(21,22)23/h6-13H,4-5H2,1-3H3,(H,24,25)/t13-/m0/s1. The number of hydrogen-bond donors (Lipinski definition) is 1. The van der Waals surface area contributed by atoms with Crippen LogP contribution < -0.4 is 14.8 Å². The van der Waals surface area contributed by atoms with Gasteiger partial charge in [0.25, 0.3) is 5.91 Å². The molecule has 0 heterocycles. The molecule has 27 heavy (non-hydrogen) atoms. The third kappa shape index (κ3) is 5.39. The van der Waals surface area contributed by atoms with E-state index in [1.54, 1.807) is 19.1 Å². The first-order valence-corrected chi connectivity index (χ1v) is 8.63. The predicted molar refractivity (Wildman–Crippen MR) is 96.1 cm³/mol. The van der Waals surface area contributed by atoms with Crippen LogP contribution in [0.1, 0.15) is 48.3 Å². The van der Waals surface area contributed by atoms with Gasteiger partial charge in [-0.15, -0.1) is 0 Å². The van der Waals surface area contributed by atoms with Crippen LogP contribution in [0.25, 0.3) is 0 Å². The molecule has 0 spiro atoms. The Bertz CT molecular complexity index is 773. The summed E-state index contributed by atoms with van der Waals surface area (Å²) in [5, 5.41) is 2.77. The summed E-state index contributed by atoms with van der Waals surface area (Å²) in [6, 6.07) is 9.10. The molecule has 2 rings (SSSR count). The maximum absolute atomic E-state index is 12.6. The van der Waals surface area contributed by atoms with Crippen molar-refractivity contribution >= 4 is 5.91 Å². The number of carbonyl (C=O) groups excluding carboxylic acids is 1. The molecular formula is C20H22F3NO3. The quantitative estimate of drug-likeness (QED) is 0.735. The molecule has 0 saturated heterocycles. The van der Waals surface area contributed by atoms with Gasteiger partial charge in [0.2, 0.25) is 0 Å². The molecule has 0 aromatic heterocycles. The molecule has 0 unspecified atom stereocenters. The van der Waals surface area contributed by atoms with Crippen molar-refractivity contribution in [3.05, 3.63) is 59.2 Å². The number of carbonyl (C=O) groups is 1. The Morgan fingerprint density at radius 2 is 1.59 bits per heavy atom. The fourth-order valence-corrected chi connectivity index (χ4v) is 2.51. The van der Waals surface area contributed by atoms with Crippen LogP contribution in [-0.4, -0.2) is 19.1 Å².